The van der Waals surface area contributed by atoms with Crippen LogP contribution in [0.25, 0.3) is 0 Å². The van der Waals surface area contributed by atoms with Crippen molar-refractivity contribution in [1.29, 1.82) is 0 Å². The minimum absolute atomic E-state index is 0.1000. The highest BCUT2D eigenvalue weighted by Crippen LogP contribution is 2.40. The number of nitrogens with zero attached hydrogens (tertiary/aromatic N) is 3. The lowest BCUT2D eigenvalue weighted by Crippen LogP contribution is -2.41. The van der Waals surface area contributed by atoms with Crippen LogP contribution in [-0.4, -0.2) is 52.0 Å². The highest BCUT2D eigenvalue weighted by molar-refractivity contribution is 6.39. The van der Waals surface area contributed by atoms with Crippen molar-refractivity contribution in [2.45, 2.75) is 32.2 Å². The molecule has 23 heavy (non-hydrogen) atoms. The Kier molecular flexibility index (Phi) is 4.31. The first-order valence-electron chi connectivity index (χ1n) is 7.96. The van der Waals surface area contributed by atoms with E-state index in [1.165, 1.54) is 17.7 Å². The van der Waals surface area contributed by atoms with Crippen molar-refractivity contribution in [3.63, 3.8) is 0 Å². The Morgan fingerprint density at radius 3 is 2.91 bits per heavy atom. The normalized spacial score (nSPS) is 19.7. The van der Waals surface area contributed by atoms with E-state index < -0.39 is 11.8 Å². The summed E-state index contributed by atoms with van der Waals surface area (Å²) in [6.07, 6.45) is 4.17. The summed E-state index contributed by atoms with van der Waals surface area (Å²) in [5.74, 6) is -0.287. The molecule has 1 aromatic rings. The molecule has 1 saturated heterocycles. The van der Waals surface area contributed by atoms with E-state index in [0.29, 0.717) is 24.8 Å². The quantitative estimate of drug-likeness (QED) is 0.775. The Morgan fingerprint density at radius 1 is 1.39 bits per heavy atom. The van der Waals surface area contributed by atoms with Gasteiger partial charge in [0.1, 0.15) is 5.82 Å². The van der Waals surface area contributed by atoms with Crippen LogP contribution in [0.15, 0.2) is 12.3 Å². The van der Waals surface area contributed by atoms with Gasteiger partial charge in [0.05, 0.1) is 12.2 Å². The van der Waals surface area contributed by atoms with Crippen molar-refractivity contribution < 1.29 is 14.4 Å². The lowest BCUT2D eigenvalue weighted by atomic mass is 10.2. The first kappa shape index (κ1) is 15.5. The van der Waals surface area contributed by atoms with Crippen LogP contribution in [0.2, 0.25) is 0 Å². The Hall–Kier alpha value is -2.38. The van der Waals surface area contributed by atoms with Crippen LogP contribution in [0.5, 0.6) is 0 Å². The van der Waals surface area contributed by atoms with Gasteiger partial charge >= 0.3 is 11.8 Å². The van der Waals surface area contributed by atoms with Crippen molar-refractivity contribution >= 4 is 23.5 Å². The monoisotopic (exact) mass is 319 g/mol. The van der Waals surface area contributed by atoms with Gasteiger partial charge in [-0.05, 0) is 25.7 Å². The summed E-state index contributed by atoms with van der Waals surface area (Å²) in [5.41, 5.74) is 0. The Labute approximate surface area is 134 Å². The van der Waals surface area contributed by atoms with Crippen molar-refractivity contribution in [2.24, 2.45) is 5.92 Å². The smallest absolute Gasteiger partial charge is 0.315 e. The van der Waals surface area contributed by atoms with Gasteiger partial charge in [-0.3, -0.25) is 14.4 Å². The predicted molar refractivity (Wildman–Crippen MR) is 82.5 cm³/mol. The number of nitrogens with one attached hydrogen (secondary N) is 2. The SMILES string of the molecule is CC(C1CC1)n1nccc1NC(=O)C(=O)N1CCNC(=O)CC1. The van der Waals surface area contributed by atoms with E-state index in [0.717, 1.165) is 0 Å². The number of rotatable bonds is 3. The molecule has 2 fully saturated rings. The van der Waals surface area contributed by atoms with E-state index in [4.69, 9.17) is 0 Å². The maximum atomic E-state index is 12.3. The van der Waals surface area contributed by atoms with E-state index in [1.807, 2.05) is 0 Å². The van der Waals surface area contributed by atoms with Crippen LogP contribution in [0.4, 0.5) is 5.82 Å². The summed E-state index contributed by atoms with van der Waals surface area (Å²) in [7, 11) is 0. The van der Waals surface area contributed by atoms with Crippen LogP contribution >= 0.6 is 0 Å². The van der Waals surface area contributed by atoms with Gasteiger partial charge in [-0.25, -0.2) is 4.68 Å². The van der Waals surface area contributed by atoms with Gasteiger partial charge in [0.25, 0.3) is 0 Å². The summed E-state index contributed by atoms with van der Waals surface area (Å²) in [4.78, 5) is 37.2. The van der Waals surface area contributed by atoms with Gasteiger partial charge in [-0.2, -0.15) is 5.10 Å². The third-order valence-electron chi connectivity index (χ3n) is 4.40. The Morgan fingerprint density at radius 2 is 2.17 bits per heavy atom. The first-order valence-corrected chi connectivity index (χ1v) is 7.96. The average molecular weight is 319 g/mol. The molecule has 0 bridgehead atoms. The van der Waals surface area contributed by atoms with Gasteiger partial charge in [0, 0.05) is 32.1 Å². The number of hydrogen-bond acceptors (Lipinski definition) is 4. The highest BCUT2D eigenvalue weighted by atomic mass is 16.2. The molecule has 0 spiro atoms. The molecule has 8 nitrogen and oxygen atoms in total. The maximum Gasteiger partial charge on any atom is 0.315 e. The summed E-state index contributed by atoms with van der Waals surface area (Å²) in [6.45, 7) is 3.04. The number of carbonyl (C=O) groups excluding carboxylic acids is 3. The number of carbonyl (C=O) groups is 3. The molecular formula is C15H21N5O3. The number of aromatic nitrogens is 2. The molecule has 1 aliphatic carbocycles. The zero-order valence-corrected chi connectivity index (χ0v) is 13.1. The molecule has 3 rings (SSSR count). The summed E-state index contributed by atoms with van der Waals surface area (Å²) >= 11 is 0. The lowest BCUT2D eigenvalue weighted by molar-refractivity contribution is -0.143. The molecule has 2 heterocycles. The van der Waals surface area contributed by atoms with E-state index in [9.17, 15) is 14.4 Å². The molecule has 2 aliphatic rings. The van der Waals surface area contributed by atoms with E-state index in [2.05, 4.69) is 22.7 Å². The maximum absolute atomic E-state index is 12.3. The molecular weight excluding hydrogens is 298 g/mol. The van der Waals surface area contributed by atoms with Gasteiger partial charge in [-0.1, -0.05) is 0 Å². The molecule has 3 amide bonds. The minimum Gasteiger partial charge on any atom is -0.354 e. The largest absolute Gasteiger partial charge is 0.354 e. The van der Waals surface area contributed by atoms with Gasteiger partial charge in [-0.15, -0.1) is 0 Å². The van der Waals surface area contributed by atoms with Crippen LogP contribution < -0.4 is 10.6 Å². The fourth-order valence-corrected chi connectivity index (χ4v) is 2.80. The molecule has 1 saturated carbocycles. The average Bonchev–Trinajstić information content (AvgIpc) is 3.31. The molecule has 1 atom stereocenters. The fourth-order valence-electron chi connectivity index (χ4n) is 2.80. The number of amides is 3. The predicted octanol–water partition coefficient (Wildman–Crippen LogP) is 0.141. The van der Waals surface area contributed by atoms with Crippen molar-refractivity contribution in [2.75, 3.05) is 25.0 Å². The number of anilines is 1. The Bertz CT molecular complexity index is 622. The second kappa shape index (κ2) is 6.39. The minimum atomic E-state index is -0.691. The van der Waals surface area contributed by atoms with Crippen LogP contribution in [0.1, 0.15) is 32.2 Å². The third-order valence-corrected chi connectivity index (χ3v) is 4.40. The molecule has 1 aliphatic heterocycles. The summed E-state index contributed by atoms with van der Waals surface area (Å²) in [6, 6.07) is 1.90. The fraction of sp³-hybridized carbons (Fsp3) is 0.600. The van der Waals surface area contributed by atoms with E-state index in [-0.39, 0.29) is 24.9 Å². The standard InChI is InChI=1S/C15H21N5O3/c1-10(11-2-3-11)20-12(4-6-17-20)18-14(22)15(23)19-8-5-13(21)16-7-9-19/h4,6,10-11H,2-3,5,7-9H2,1H3,(H,16,21)(H,18,22). The summed E-state index contributed by atoms with van der Waals surface area (Å²) in [5, 5.41) is 9.58. The van der Waals surface area contributed by atoms with Gasteiger partial charge in [0.15, 0.2) is 0 Å². The molecule has 0 aromatic carbocycles. The van der Waals surface area contributed by atoms with Gasteiger partial charge in [0.2, 0.25) is 5.91 Å². The molecule has 1 aromatic heterocycles. The van der Waals surface area contributed by atoms with E-state index >= 15 is 0 Å². The zero-order valence-electron chi connectivity index (χ0n) is 13.1. The third kappa shape index (κ3) is 3.52. The van der Waals surface area contributed by atoms with E-state index in [1.54, 1.807) is 16.9 Å². The zero-order chi connectivity index (χ0) is 16.4. The molecule has 0 radical (unpaired) electrons. The Balaban J connectivity index is 1.63. The molecule has 124 valence electrons. The molecule has 2 N–H and O–H groups in total. The molecule has 8 heteroatoms. The topological polar surface area (TPSA) is 96.3 Å². The van der Waals surface area contributed by atoms with Crippen molar-refractivity contribution in [1.82, 2.24) is 20.0 Å². The second-order valence-electron chi connectivity index (χ2n) is 6.09. The second-order valence-corrected chi connectivity index (χ2v) is 6.09. The summed E-state index contributed by atoms with van der Waals surface area (Å²) < 4.78 is 1.76. The van der Waals surface area contributed by atoms with Crippen LogP contribution in [-0.2, 0) is 14.4 Å². The highest BCUT2D eigenvalue weighted by Gasteiger charge is 2.31. The lowest BCUT2D eigenvalue weighted by Gasteiger charge is -2.19. The number of hydrogen-bond donors (Lipinski definition) is 2. The molecule has 1 unspecified atom stereocenters. The van der Waals surface area contributed by atoms with Gasteiger partial charge < -0.3 is 15.5 Å². The van der Waals surface area contributed by atoms with Crippen LogP contribution in [0.3, 0.4) is 0 Å². The first-order chi connectivity index (χ1) is 11.1. The van der Waals surface area contributed by atoms with Crippen molar-refractivity contribution in [3.05, 3.63) is 12.3 Å². The van der Waals surface area contributed by atoms with Crippen molar-refractivity contribution in [3.8, 4) is 0 Å². The van der Waals surface area contributed by atoms with Crippen LogP contribution in [0, 0.1) is 5.92 Å².